The Morgan fingerprint density at radius 1 is 1.02 bits per heavy atom. The van der Waals surface area contributed by atoms with Gasteiger partial charge in [0.25, 0.3) is 0 Å². The second-order valence-corrected chi connectivity index (χ2v) is 10.2. The van der Waals surface area contributed by atoms with Crippen LogP contribution in [0.4, 0.5) is 0 Å². The molecule has 0 radical (unpaired) electrons. The quantitative estimate of drug-likeness (QED) is 0.298. The van der Waals surface area contributed by atoms with Crippen LogP contribution in [0, 0.1) is 11.3 Å². The lowest BCUT2D eigenvalue weighted by Crippen LogP contribution is -2.29. The number of dihydropyridines is 1. The Morgan fingerprint density at radius 3 is 2.48 bits per heavy atom. The number of nitriles is 1. The van der Waals surface area contributed by atoms with Gasteiger partial charge in [0.2, 0.25) is 0 Å². The SMILES string of the molecule is CCOC(=O)C1=C(C)NC2=C(C(=O)c3ccccc32)[C@@H]1c1cc(Br)c(OCc2ccccc2C#N)c(OCC)c1. The normalized spacial score (nSPS) is 15.7. The zero-order valence-electron chi connectivity index (χ0n) is 22.3. The van der Waals surface area contributed by atoms with Crippen LogP contribution in [0.1, 0.15) is 59.3 Å². The minimum absolute atomic E-state index is 0.139. The molecule has 0 saturated carbocycles. The van der Waals surface area contributed by atoms with Crippen molar-refractivity contribution < 1.29 is 23.8 Å². The summed E-state index contributed by atoms with van der Waals surface area (Å²) < 4.78 is 18.2. The predicted octanol–water partition coefficient (Wildman–Crippen LogP) is 6.43. The maximum absolute atomic E-state index is 13.8. The summed E-state index contributed by atoms with van der Waals surface area (Å²) in [6.45, 7) is 6.16. The molecule has 7 nitrogen and oxygen atoms in total. The molecule has 1 atom stereocenters. The summed E-state index contributed by atoms with van der Waals surface area (Å²) in [4.78, 5) is 27.1. The van der Waals surface area contributed by atoms with Crippen LogP contribution in [0.5, 0.6) is 11.5 Å². The molecule has 1 heterocycles. The Morgan fingerprint density at radius 2 is 1.75 bits per heavy atom. The molecule has 2 aliphatic rings. The first-order chi connectivity index (χ1) is 19.4. The molecule has 8 heteroatoms. The molecule has 0 unspecified atom stereocenters. The Bertz CT molecular complexity index is 1630. The number of halogens is 1. The summed E-state index contributed by atoms with van der Waals surface area (Å²) in [7, 11) is 0. The van der Waals surface area contributed by atoms with Crippen LogP contribution in [-0.4, -0.2) is 25.0 Å². The number of hydrogen-bond acceptors (Lipinski definition) is 7. The van der Waals surface area contributed by atoms with Crippen molar-refractivity contribution in [3.63, 3.8) is 0 Å². The maximum Gasteiger partial charge on any atom is 0.336 e. The van der Waals surface area contributed by atoms with E-state index < -0.39 is 11.9 Å². The van der Waals surface area contributed by atoms with Gasteiger partial charge in [-0.1, -0.05) is 42.5 Å². The third-order valence-corrected chi connectivity index (χ3v) is 7.51. The van der Waals surface area contributed by atoms with Crippen LogP contribution in [0.2, 0.25) is 0 Å². The molecule has 0 fully saturated rings. The smallest absolute Gasteiger partial charge is 0.336 e. The molecule has 0 bridgehead atoms. The lowest BCUT2D eigenvalue weighted by molar-refractivity contribution is -0.138. The predicted molar refractivity (Wildman–Crippen MR) is 154 cm³/mol. The molecule has 1 aliphatic carbocycles. The zero-order chi connectivity index (χ0) is 28.4. The highest BCUT2D eigenvalue weighted by Crippen LogP contribution is 2.49. The molecule has 3 aromatic carbocycles. The molecule has 3 aromatic rings. The van der Waals surface area contributed by atoms with Crippen molar-refractivity contribution in [1.29, 1.82) is 5.26 Å². The van der Waals surface area contributed by atoms with Gasteiger partial charge >= 0.3 is 5.97 Å². The molecule has 1 aliphatic heterocycles. The van der Waals surface area contributed by atoms with Crippen LogP contribution in [0.25, 0.3) is 5.70 Å². The first-order valence-corrected chi connectivity index (χ1v) is 13.8. The van der Waals surface area contributed by atoms with Crippen molar-refractivity contribution in [2.75, 3.05) is 13.2 Å². The highest BCUT2D eigenvalue weighted by atomic mass is 79.9. The Balaban J connectivity index is 1.62. The zero-order valence-corrected chi connectivity index (χ0v) is 23.9. The van der Waals surface area contributed by atoms with Crippen molar-refractivity contribution in [1.82, 2.24) is 5.32 Å². The molecular formula is C32H27BrN2O5. The van der Waals surface area contributed by atoms with Crippen molar-refractivity contribution in [2.45, 2.75) is 33.3 Å². The average Bonchev–Trinajstić information content (AvgIpc) is 3.23. The van der Waals surface area contributed by atoms with Gasteiger partial charge in [0.1, 0.15) is 6.61 Å². The summed E-state index contributed by atoms with van der Waals surface area (Å²) in [5.74, 6) is -0.416. The van der Waals surface area contributed by atoms with E-state index in [1.165, 1.54) is 0 Å². The summed E-state index contributed by atoms with van der Waals surface area (Å²) in [6, 6.07) is 20.5. The van der Waals surface area contributed by atoms with Crippen LogP contribution in [0.3, 0.4) is 0 Å². The Hall–Kier alpha value is -4.35. The number of Topliss-reactive ketones (excluding diaryl/α,β-unsaturated/α-hetero) is 1. The number of ketones is 1. The fraction of sp³-hybridized carbons (Fsp3) is 0.219. The van der Waals surface area contributed by atoms with E-state index in [0.29, 0.717) is 61.8 Å². The van der Waals surface area contributed by atoms with Crippen molar-refractivity contribution in [2.24, 2.45) is 0 Å². The number of esters is 1. The number of fused-ring (bicyclic) bond motifs is 2. The van der Waals surface area contributed by atoms with Gasteiger partial charge in [-0.2, -0.15) is 5.26 Å². The van der Waals surface area contributed by atoms with Gasteiger partial charge in [0.15, 0.2) is 17.3 Å². The molecule has 0 spiro atoms. The number of hydrogen-bond donors (Lipinski definition) is 1. The van der Waals surface area contributed by atoms with E-state index in [1.807, 2.05) is 56.3 Å². The summed E-state index contributed by atoms with van der Waals surface area (Å²) in [6.07, 6.45) is 0. The Labute approximate surface area is 241 Å². The molecular weight excluding hydrogens is 572 g/mol. The van der Waals surface area contributed by atoms with Crippen LogP contribution in [0.15, 0.2) is 82.0 Å². The molecule has 40 heavy (non-hydrogen) atoms. The van der Waals surface area contributed by atoms with E-state index in [4.69, 9.17) is 14.2 Å². The topological polar surface area (TPSA) is 97.6 Å². The van der Waals surface area contributed by atoms with E-state index in [1.54, 1.807) is 25.1 Å². The molecule has 0 saturated heterocycles. The molecule has 0 amide bonds. The van der Waals surface area contributed by atoms with Crippen LogP contribution in [-0.2, 0) is 16.1 Å². The number of ether oxygens (including phenoxy) is 3. The van der Waals surface area contributed by atoms with E-state index in [9.17, 15) is 14.9 Å². The number of allylic oxidation sites excluding steroid dienone is 2. The van der Waals surface area contributed by atoms with Gasteiger partial charge in [-0.25, -0.2) is 4.79 Å². The van der Waals surface area contributed by atoms with Crippen molar-refractivity contribution in [3.8, 4) is 17.6 Å². The minimum Gasteiger partial charge on any atom is -0.490 e. The van der Waals surface area contributed by atoms with Gasteiger partial charge in [-0.05, 0) is 60.5 Å². The van der Waals surface area contributed by atoms with Gasteiger partial charge in [-0.15, -0.1) is 0 Å². The standard InChI is InChI=1S/C32H27BrN2O5/c1-4-38-25-15-21(14-24(33)31(25)40-17-20-11-7-6-10-19(20)16-34)27-26(32(37)39-5-2)18(3)35-29-22-12-8-9-13-23(22)30(36)28(27)29/h6-15,27,35H,4-5,17H2,1-3H3/t27-/m1/s1. The third kappa shape index (κ3) is 4.78. The fourth-order valence-electron chi connectivity index (χ4n) is 5.20. The summed E-state index contributed by atoms with van der Waals surface area (Å²) in [5.41, 5.74) is 5.51. The largest absolute Gasteiger partial charge is 0.490 e. The lowest BCUT2D eigenvalue weighted by Gasteiger charge is -2.30. The molecule has 1 N–H and O–H groups in total. The lowest BCUT2D eigenvalue weighted by atomic mass is 9.79. The average molecular weight is 599 g/mol. The van der Waals surface area contributed by atoms with E-state index >= 15 is 0 Å². The van der Waals surface area contributed by atoms with Crippen molar-refractivity contribution >= 4 is 33.4 Å². The molecule has 202 valence electrons. The van der Waals surface area contributed by atoms with E-state index in [0.717, 1.165) is 11.1 Å². The highest BCUT2D eigenvalue weighted by Gasteiger charge is 2.43. The fourth-order valence-corrected chi connectivity index (χ4v) is 5.78. The van der Waals surface area contributed by atoms with E-state index in [2.05, 4.69) is 27.3 Å². The molecule has 5 rings (SSSR count). The molecule has 0 aromatic heterocycles. The number of benzene rings is 3. The monoisotopic (exact) mass is 598 g/mol. The maximum atomic E-state index is 13.8. The van der Waals surface area contributed by atoms with Gasteiger partial charge in [0.05, 0.1) is 40.6 Å². The second-order valence-electron chi connectivity index (χ2n) is 9.30. The minimum atomic E-state index is -0.695. The van der Waals surface area contributed by atoms with Gasteiger partial charge < -0.3 is 19.5 Å². The van der Waals surface area contributed by atoms with Crippen LogP contribution >= 0.6 is 15.9 Å². The summed E-state index contributed by atoms with van der Waals surface area (Å²) >= 11 is 3.64. The number of carbonyl (C=O) groups excluding carboxylic acids is 2. The number of nitrogens with zero attached hydrogens (tertiary/aromatic N) is 1. The number of carbonyl (C=O) groups is 2. The van der Waals surface area contributed by atoms with Gasteiger partial charge in [0, 0.05) is 33.9 Å². The van der Waals surface area contributed by atoms with Gasteiger partial charge in [-0.3, -0.25) is 4.79 Å². The first-order valence-electron chi connectivity index (χ1n) is 13.0. The van der Waals surface area contributed by atoms with Crippen LogP contribution < -0.4 is 14.8 Å². The summed E-state index contributed by atoms with van der Waals surface area (Å²) in [5, 5.41) is 12.8. The first kappa shape index (κ1) is 27.2. The number of nitrogens with one attached hydrogen (secondary N) is 1. The van der Waals surface area contributed by atoms with Crippen molar-refractivity contribution in [3.05, 3.63) is 110 Å². The third-order valence-electron chi connectivity index (χ3n) is 6.92. The van der Waals surface area contributed by atoms with E-state index in [-0.39, 0.29) is 19.0 Å². The number of rotatable bonds is 8. The Kier molecular flexibility index (Phi) is 7.76. The second kappa shape index (κ2) is 11.4. The highest BCUT2D eigenvalue weighted by molar-refractivity contribution is 9.10.